The summed E-state index contributed by atoms with van der Waals surface area (Å²) >= 11 is 6.02. The zero-order chi connectivity index (χ0) is 14.6. The molecule has 110 valence electrons. The monoisotopic (exact) mass is 294 g/mol. The third-order valence-electron chi connectivity index (χ3n) is 3.75. The molecule has 1 aromatic carbocycles. The van der Waals surface area contributed by atoms with Crippen molar-refractivity contribution in [2.75, 3.05) is 19.6 Å². The van der Waals surface area contributed by atoms with E-state index in [0.29, 0.717) is 13.1 Å². The molecule has 0 bridgehead atoms. The standard InChI is InChI=1S/C16H23ClN2O/c1-16(2,13-4-3-5-14(17)8-13)11-19-15(20)10-18-9-12-6-7-12/h3-5,8,12,18H,6-7,9-11H2,1-2H3,(H,19,20). The number of benzene rings is 1. The molecule has 1 amide bonds. The van der Waals surface area contributed by atoms with Gasteiger partial charge in [0.25, 0.3) is 0 Å². The van der Waals surface area contributed by atoms with E-state index in [1.54, 1.807) is 0 Å². The maximum absolute atomic E-state index is 11.8. The van der Waals surface area contributed by atoms with Gasteiger partial charge >= 0.3 is 0 Å². The van der Waals surface area contributed by atoms with E-state index in [1.807, 2.05) is 24.3 Å². The van der Waals surface area contributed by atoms with E-state index in [-0.39, 0.29) is 11.3 Å². The SMILES string of the molecule is CC(C)(CNC(=O)CNCC1CC1)c1cccc(Cl)c1. The summed E-state index contributed by atoms with van der Waals surface area (Å²) in [6.07, 6.45) is 2.60. The summed E-state index contributed by atoms with van der Waals surface area (Å²) in [7, 11) is 0. The third-order valence-corrected chi connectivity index (χ3v) is 3.98. The smallest absolute Gasteiger partial charge is 0.233 e. The van der Waals surface area contributed by atoms with E-state index >= 15 is 0 Å². The molecular formula is C16H23ClN2O. The number of rotatable bonds is 7. The third kappa shape index (κ3) is 4.80. The van der Waals surface area contributed by atoms with Gasteiger partial charge < -0.3 is 10.6 Å². The van der Waals surface area contributed by atoms with Crippen LogP contribution in [-0.2, 0) is 10.2 Å². The maximum atomic E-state index is 11.8. The Labute approximate surface area is 126 Å². The van der Waals surface area contributed by atoms with E-state index < -0.39 is 0 Å². The van der Waals surface area contributed by atoms with Crippen LogP contribution in [-0.4, -0.2) is 25.5 Å². The van der Waals surface area contributed by atoms with E-state index in [1.165, 1.54) is 12.8 Å². The van der Waals surface area contributed by atoms with Crippen molar-refractivity contribution in [2.45, 2.75) is 32.1 Å². The number of nitrogens with one attached hydrogen (secondary N) is 2. The number of carbonyl (C=O) groups is 1. The molecule has 4 heteroatoms. The topological polar surface area (TPSA) is 41.1 Å². The molecule has 0 atom stereocenters. The zero-order valence-electron chi connectivity index (χ0n) is 12.2. The summed E-state index contributed by atoms with van der Waals surface area (Å²) in [5.41, 5.74) is 1.01. The second-order valence-corrected chi connectivity index (χ2v) is 6.68. The fourth-order valence-electron chi connectivity index (χ4n) is 2.11. The summed E-state index contributed by atoms with van der Waals surface area (Å²) in [5.74, 6) is 0.853. The van der Waals surface area contributed by atoms with E-state index in [0.717, 1.165) is 23.0 Å². The number of hydrogen-bond acceptors (Lipinski definition) is 2. The highest BCUT2D eigenvalue weighted by Crippen LogP contribution is 2.27. The first-order valence-corrected chi connectivity index (χ1v) is 7.58. The van der Waals surface area contributed by atoms with Gasteiger partial charge in [0.2, 0.25) is 5.91 Å². The van der Waals surface area contributed by atoms with Gasteiger partial charge in [-0.3, -0.25) is 4.79 Å². The number of amides is 1. The molecule has 20 heavy (non-hydrogen) atoms. The van der Waals surface area contributed by atoms with Crippen molar-refractivity contribution in [3.63, 3.8) is 0 Å². The molecular weight excluding hydrogens is 272 g/mol. The van der Waals surface area contributed by atoms with Crippen molar-refractivity contribution >= 4 is 17.5 Å². The van der Waals surface area contributed by atoms with Crippen LogP contribution >= 0.6 is 11.6 Å². The van der Waals surface area contributed by atoms with Gasteiger partial charge in [-0.25, -0.2) is 0 Å². The van der Waals surface area contributed by atoms with E-state index in [9.17, 15) is 4.79 Å². The minimum absolute atomic E-state index is 0.0563. The highest BCUT2D eigenvalue weighted by Gasteiger charge is 2.22. The van der Waals surface area contributed by atoms with Crippen molar-refractivity contribution in [3.8, 4) is 0 Å². The maximum Gasteiger partial charge on any atom is 0.233 e. The van der Waals surface area contributed by atoms with E-state index in [4.69, 9.17) is 11.6 Å². The lowest BCUT2D eigenvalue weighted by atomic mass is 9.84. The fraction of sp³-hybridized carbons (Fsp3) is 0.562. The van der Waals surface area contributed by atoms with Crippen LogP contribution in [0.2, 0.25) is 5.02 Å². The van der Waals surface area contributed by atoms with Crippen LogP contribution in [0.15, 0.2) is 24.3 Å². The van der Waals surface area contributed by atoms with Gasteiger partial charge in [-0.15, -0.1) is 0 Å². The summed E-state index contributed by atoms with van der Waals surface area (Å²) in [4.78, 5) is 11.8. The Morgan fingerprint density at radius 3 is 2.80 bits per heavy atom. The molecule has 1 saturated carbocycles. The van der Waals surface area contributed by atoms with Gasteiger partial charge in [-0.05, 0) is 43.0 Å². The van der Waals surface area contributed by atoms with E-state index in [2.05, 4.69) is 24.5 Å². The molecule has 1 aliphatic carbocycles. The average molecular weight is 295 g/mol. The lowest BCUT2D eigenvalue weighted by molar-refractivity contribution is -0.120. The van der Waals surface area contributed by atoms with Gasteiger partial charge in [0, 0.05) is 17.0 Å². The van der Waals surface area contributed by atoms with Crippen molar-refractivity contribution in [2.24, 2.45) is 5.92 Å². The van der Waals surface area contributed by atoms with Crippen LogP contribution in [0.1, 0.15) is 32.3 Å². The van der Waals surface area contributed by atoms with Crippen molar-refractivity contribution in [3.05, 3.63) is 34.9 Å². The van der Waals surface area contributed by atoms with Crippen LogP contribution in [0.25, 0.3) is 0 Å². The predicted molar refractivity (Wildman–Crippen MR) is 83.1 cm³/mol. The fourth-order valence-corrected chi connectivity index (χ4v) is 2.30. The molecule has 1 aliphatic rings. The summed E-state index contributed by atoms with van der Waals surface area (Å²) in [6.45, 7) is 6.19. The largest absolute Gasteiger partial charge is 0.354 e. The van der Waals surface area contributed by atoms with Crippen LogP contribution in [0.4, 0.5) is 0 Å². The molecule has 3 nitrogen and oxygen atoms in total. The molecule has 1 aromatic rings. The Bertz CT molecular complexity index is 469. The lowest BCUT2D eigenvalue weighted by Crippen LogP contribution is -2.41. The first-order chi connectivity index (χ1) is 9.47. The second kappa shape index (κ2) is 6.59. The molecule has 0 radical (unpaired) electrons. The highest BCUT2D eigenvalue weighted by atomic mass is 35.5. The van der Waals surface area contributed by atoms with Crippen molar-refractivity contribution in [1.82, 2.24) is 10.6 Å². The molecule has 0 heterocycles. The molecule has 2 N–H and O–H groups in total. The number of carbonyl (C=O) groups excluding carboxylic acids is 1. The average Bonchev–Trinajstić information content (AvgIpc) is 3.21. The first-order valence-electron chi connectivity index (χ1n) is 7.21. The van der Waals surface area contributed by atoms with Gasteiger partial charge in [-0.1, -0.05) is 37.6 Å². The number of halogens is 1. The molecule has 0 spiro atoms. The normalized spacial score (nSPS) is 15.2. The van der Waals surface area contributed by atoms with Crippen LogP contribution in [0.3, 0.4) is 0 Å². The molecule has 0 unspecified atom stereocenters. The minimum atomic E-state index is -0.128. The Hall–Kier alpha value is -1.06. The van der Waals surface area contributed by atoms with Gasteiger partial charge in [0.1, 0.15) is 0 Å². The molecule has 0 saturated heterocycles. The minimum Gasteiger partial charge on any atom is -0.354 e. The summed E-state index contributed by atoms with van der Waals surface area (Å²) in [5, 5.41) is 6.92. The van der Waals surface area contributed by atoms with Crippen molar-refractivity contribution < 1.29 is 4.79 Å². The summed E-state index contributed by atoms with van der Waals surface area (Å²) in [6, 6.07) is 7.81. The van der Waals surface area contributed by atoms with Gasteiger partial charge in [0.05, 0.1) is 6.54 Å². The summed E-state index contributed by atoms with van der Waals surface area (Å²) < 4.78 is 0. The molecule has 2 rings (SSSR count). The van der Waals surface area contributed by atoms with Crippen LogP contribution in [0.5, 0.6) is 0 Å². The quantitative estimate of drug-likeness (QED) is 0.812. The second-order valence-electron chi connectivity index (χ2n) is 6.25. The molecule has 0 aromatic heterocycles. The first kappa shape index (κ1) is 15.3. The molecule has 0 aliphatic heterocycles. The zero-order valence-corrected chi connectivity index (χ0v) is 13.0. The van der Waals surface area contributed by atoms with Gasteiger partial charge in [-0.2, -0.15) is 0 Å². The Morgan fingerprint density at radius 1 is 1.40 bits per heavy atom. The Kier molecular flexibility index (Phi) is 5.06. The highest BCUT2D eigenvalue weighted by molar-refractivity contribution is 6.30. The molecule has 1 fully saturated rings. The Balaban J connectivity index is 1.77. The number of hydrogen-bond donors (Lipinski definition) is 2. The van der Waals surface area contributed by atoms with Crippen molar-refractivity contribution in [1.29, 1.82) is 0 Å². The van der Waals surface area contributed by atoms with Crippen LogP contribution in [0, 0.1) is 5.92 Å². The Morgan fingerprint density at radius 2 is 2.15 bits per heavy atom. The van der Waals surface area contributed by atoms with Gasteiger partial charge in [0.15, 0.2) is 0 Å². The predicted octanol–water partition coefficient (Wildman–Crippen LogP) is 2.73. The van der Waals surface area contributed by atoms with Crippen LogP contribution < -0.4 is 10.6 Å². The lowest BCUT2D eigenvalue weighted by Gasteiger charge is -2.26.